The van der Waals surface area contributed by atoms with E-state index in [1.54, 1.807) is 0 Å². The van der Waals surface area contributed by atoms with Crippen LogP contribution in [0.3, 0.4) is 0 Å². The number of anilines is 1. The lowest BCUT2D eigenvalue weighted by atomic mass is 9.79. The van der Waals surface area contributed by atoms with Gasteiger partial charge in [0.25, 0.3) is 0 Å². The summed E-state index contributed by atoms with van der Waals surface area (Å²) in [6, 6.07) is 3.35. The molecule has 1 aromatic rings. The second-order valence-electron chi connectivity index (χ2n) is 9.37. The number of carbonyl (C=O) groups is 2. The SMILES string of the molecule is CC1(OC(=O)N[C@@H](CCOC2CC(CCc3ccc4c(n3)NCCC4)C2)C(=O)O)CC1. The van der Waals surface area contributed by atoms with E-state index in [0.29, 0.717) is 12.5 Å². The molecule has 1 aliphatic heterocycles. The van der Waals surface area contributed by atoms with Gasteiger partial charge in [-0.3, -0.25) is 0 Å². The third-order valence-electron chi connectivity index (χ3n) is 6.60. The molecule has 1 aromatic heterocycles. The molecule has 0 spiro atoms. The Hall–Kier alpha value is -2.35. The number of amides is 1. The van der Waals surface area contributed by atoms with Crippen LogP contribution in [0.4, 0.5) is 10.6 Å². The molecule has 0 unspecified atom stereocenters. The molecule has 0 radical (unpaired) electrons. The number of carbonyl (C=O) groups excluding carboxylic acids is 1. The molecule has 31 heavy (non-hydrogen) atoms. The van der Waals surface area contributed by atoms with E-state index in [4.69, 9.17) is 14.5 Å². The number of alkyl carbamates (subject to hydrolysis) is 1. The number of carboxylic acids is 1. The second-order valence-corrected chi connectivity index (χ2v) is 9.37. The standard InChI is InChI=1S/C23H33N3O5/c1-23(9-10-23)31-22(29)26-19(21(27)28)8-12-30-18-13-15(14-18)4-6-17-7-5-16-3-2-11-24-20(16)25-17/h5,7,15,18-19H,2-4,6,8-14H2,1H3,(H,24,25)(H,26,29)(H,27,28)/t15?,18?,19-/m0/s1. The first-order chi connectivity index (χ1) is 14.9. The highest BCUT2D eigenvalue weighted by molar-refractivity contribution is 5.80. The molecule has 8 heteroatoms. The van der Waals surface area contributed by atoms with Gasteiger partial charge in [0.15, 0.2) is 0 Å². The molecular formula is C23H33N3O5. The van der Waals surface area contributed by atoms with E-state index in [2.05, 4.69) is 22.8 Å². The molecular weight excluding hydrogens is 398 g/mol. The summed E-state index contributed by atoms with van der Waals surface area (Å²) < 4.78 is 11.1. The van der Waals surface area contributed by atoms with E-state index in [9.17, 15) is 14.7 Å². The molecule has 170 valence electrons. The normalized spacial score (nSPS) is 24.2. The van der Waals surface area contributed by atoms with Crippen LogP contribution >= 0.6 is 0 Å². The van der Waals surface area contributed by atoms with Crippen molar-refractivity contribution in [2.75, 3.05) is 18.5 Å². The molecule has 2 saturated carbocycles. The minimum atomic E-state index is -1.07. The summed E-state index contributed by atoms with van der Waals surface area (Å²) in [5, 5.41) is 15.2. The molecule has 0 saturated heterocycles. The number of ether oxygens (including phenoxy) is 2. The Morgan fingerprint density at radius 2 is 2.16 bits per heavy atom. The highest BCUT2D eigenvalue weighted by atomic mass is 16.6. The maximum atomic E-state index is 11.8. The number of hydrogen-bond acceptors (Lipinski definition) is 6. The molecule has 3 N–H and O–H groups in total. The van der Waals surface area contributed by atoms with Gasteiger partial charge in [0.1, 0.15) is 17.5 Å². The molecule has 0 aromatic carbocycles. The maximum Gasteiger partial charge on any atom is 0.408 e. The van der Waals surface area contributed by atoms with E-state index < -0.39 is 23.7 Å². The highest BCUT2D eigenvalue weighted by Crippen LogP contribution is 2.38. The first-order valence-electron chi connectivity index (χ1n) is 11.5. The second kappa shape index (κ2) is 9.42. The van der Waals surface area contributed by atoms with Gasteiger partial charge in [-0.05, 0) is 75.8 Å². The van der Waals surface area contributed by atoms with E-state index in [0.717, 1.165) is 63.0 Å². The van der Waals surface area contributed by atoms with Crippen molar-refractivity contribution in [1.82, 2.24) is 10.3 Å². The van der Waals surface area contributed by atoms with Crippen molar-refractivity contribution in [3.05, 3.63) is 23.4 Å². The number of aryl methyl sites for hydroxylation is 2. The minimum Gasteiger partial charge on any atom is -0.480 e. The predicted molar refractivity (Wildman–Crippen MR) is 115 cm³/mol. The number of aliphatic carboxylic acids is 1. The van der Waals surface area contributed by atoms with Crippen molar-refractivity contribution in [2.45, 2.75) is 82.5 Å². The van der Waals surface area contributed by atoms with Gasteiger partial charge in [0.05, 0.1) is 6.10 Å². The third-order valence-corrected chi connectivity index (χ3v) is 6.60. The van der Waals surface area contributed by atoms with Gasteiger partial charge in [-0.25, -0.2) is 14.6 Å². The Balaban J connectivity index is 1.11. The highest BCUT2D eigenvalue weighted by Gasteiger charge is 2.42. The zero-order valence-corrected chi connectivity index (χ0v) is 18.2. The van der Waals surface area contributed by atoms with Crippen LogP contribution in [-0.4, -0.2) is 53.1 Å². The fraction of sp³-hybridized carbons (Fsp3) is 0.696. The molecule has 3 aliphatic rings. The molecule has 2 aliphatic carbocycles. The molecule has 8 nitrogen and oxygen atoms in total. The average molecular weight is 432 g/mol. The zero-order valence-electron chi connectivity index (χ0n) is 18.2. The number of pyridine rings is 1. The van der Waals surface area contributed by atoms with Crippen LogP contribution in [0.1, 0.15) is 63.1 Å². The van der Waals surface area contributed by atoms with Crippen LogP contribution in [0, 0.1) is 5.92 Å². The number of fused-ring (bicyclic) bond motifs is 1. The van der Waals surface area contributed by atoms with Crippen molar-refractivity contribution < 1.29 is 24.2 Å². The summed E-state index contributed by atoms with van der Waals surface area (Å²) >= 11 is 0. The minimum absolute atomic E-state index is 0.176. The lowest BCUT2D eigenvalue weighted by Crippen LogP contribution is -2.43. The first kappa shape index (κ1) is 21.9. The van der Waals surface area contributed by atoms with E-state index >= 15 is 0 Å². The van der Waals surface area contributed by atoms with Crippen LogP contribution < -0.4 is 10.6 Å². The molecule has 0 bridgehead atoms. The van der Waals surface area contributed by atoms with Crippen LogP contribution in [0.2, 0.25) is 0 Å². The van der Waals surface area contributed by atoms with Crippen LogP contribution in [0.25, 0.3) is 0 Å². The molecule has 1 amide bonds. The third kappa shape index (κ3) is 6.09. The summed E-state index contributed by atoms with van der Waals surface area (Å²) in [7, 11) is 0. The summed E-state index contributed by atoms with van der Waals surface area (Å²) in [6.07, 6.45) is 7.72. The van der Waals surface area contributed by atoms with Gasteiger partial charge in [-0.15, -0.1) is 0 Å². The smallest absolute Gasteiger partial charge is 0.408 e. The van der Waals surface area contributed by atoms with Crippen molar-refractivity contribution in [3.8, 4) is 0 Å². The molecule has 1 atom stereocenters. The Bertz CT molecular complexity index is 804. The number of aromatic nitrogens is 1. The number of rotatable bonds is 10. The van der Waals surface area contributed by atoms with Crippen LogP contribution in [0.5, 0.6) is 0 Å². The maximum absolute atomic E-state index is 11.8. The number of nitrogens with one attached hydrogen (secondary N) is 2. The van der Waals surface area contributed by atoms with E-state index in [1.165, 1.54) is 12.0 Å². The van der Waals surface area contributed by atoms with Crippen molar-refractivity contribution in [3.63, 3.8) is 0 Å². The van der Waals surface area contributed by atoms with Crippen LogP contribution in [-0.2, 0) is 27.1 Å². The van der Waals surface area contributed by atoms with Gasteiger partial charge in [-0.2, -0.15) is 0 Å². The summed E-state index contributed by atoms with van der Waals surface area (Å²) in [5.41, 5.74) is 2.03. The van der Waals surface area contributed by atoms with E-state index in [1.807, 2.05) is 6.92 Å². The zero-order chi connectivity index (χ0) is 21.8. The Morgan fingerprint density at radius 3 is 2.90 bits per heavy atom. The van der Waals surface area contributed by atoms with Crippen molar-refractivity contribution in [2.24, 2.45) is 5.92 Å². The van der Waals surface area contributed by atoms with Gasteiger partial charge in [0, 0.05) is 25.3 Å². The van der Waals surface area contributed by atoms with Gasteiger partial charge in [0.2, 0.25) is 0 Å². The molecule has 4 rings (SSSR count). The number of hydrogen-bond donors (Lipinski definition) is 3. The quantitative estimate of drug-likeness (QED) is 0.521. The lowest BCUT2D eigenvalue weighted by molar-refractivity contribution is -0.140. The first-order valence-corrected chi connectivity index (χ1v) is 11.5. The fourth-order valence-corrected chi connectivity index (χ4v) is 4.19. The topological polar surface area (TPSA) is 110 Å². The fourth-order valence-electron chi connectivity index (χ4n) is 4.19. The molecule has 2 fully saturated rings. The number of carboxylic acid groups (broad SMARTS) is 1. The van der Waals surface area contributed by atoms with Gasteiger partial charge >= 0.3 is 12.1 Å². The van der Waals surface area contributed by atoms with Crippen molar-refractivity contribution in [1.29, 1.82) is 0 Å². The number of nitrogens with zero attached hydrogens (tertiary/aromatic N) is 1. The van der Waals surface area contributed by atoms with Crippen molar-refractivity contribution >= 4 is 17.9 Å². The predicted octanol–water partition coefficient (Wildman–Crippen LogP) is 3.29. The summed E-state index contributed by atoms with van der Waals surface area (Å²) in [6.45, 7) is 3.16. The van der Waals surface area contributed by atoms with Crippen LogP contribution in [0.15, 0.2) is 12.1 Å². The largest absolute Gasteiger partial charge is 0.480 e. The Morgan fingerprint density at radius 1 is 1.35 bits per heavy atom. The van der Waals surface area contributed by atoms with Gasteiger partial charge in [-0.1, -0.05) is 6.07 Å². The Labute approximate surface area is 183 Å². The Kier molecular flexibility index (Phi) is 6.65. The van der Waals surface area contributed by atoms with Gasteiger partial charge < -0.3 is 25.2 Å². The monoisotopic (exact) mass is 431 g/mol. The summed E-state index contributed by atoms with van der Waals surface area (Å²) in [4.78, 5) is 28.0. The average Bonchev–Trinajstić information content (AvgIpc) is 3.44. The summed E-state index contributed by atoms with van der Waals surface area (Å²) in [5.74, 6) is 0.605. The molecule has 2 heterocycles. The van der Waals surface area contributed by atoms with E-state index in [-0.39, 0.29) is 12.5 Å². The lowest BCUT2D eigenvalue weighted by Gasteiger charge is -2.35.